The van der Waals surface area contributed by atoms with E-state index < -0.39 is 0 Å². The van der Waals surface area contributed by atoms with Gasteiger partial charge in [0.2, 0.25) is 5.89 Å². The molecule has 0 aliphatic heterocycles. The summed E-state index contributed by atoms with van der Waals surface area (Å²) in [7, 11) is 0. The highest BCUT2D eigenvalue weighted by Crippen LogP contribution is 2.22. The molecule has 2 heterocycles. The van der Waals surface area contributed by atoms with Gasteiger partial charge in [-0.15, -0.1) is 5.10 Å². The summed E-state index contributed by atoms with van der Waals surface area (Å²) in [5.74, 6) is 0.980. The van der Waals surface area contributed by atoms with Gasteiger partial charge in [0.05, 0.1) is 12.2 Å². The first-order valence-corrected chi connectivity index (χ1v) is 8.90. The first-order valence-electron chi connectivity index (χ1n) is 8.90. The molecule has 0 aliphatic carbocycles. The minimum Gasteiger partial charge on any atom is -0.441 e. The largest absolute Gasteiger partial charge is 0.441 e. The number of aromatic nitrogens is 4. The summed E-state index contributed by atoms with van der Waals surface area (Å²) in [5, 5.41) is 11.0. The van der Waals surface area contributed by atoms with Crippen molar-refractivity contribution >= 4 is 11.6 Å². The Bertz CT molecular complexity index is 1100. The van der Waals surface area contributed by atoms with Crippen molar-refractivity contribution in [3.8, 4) is 11.5 Å². The Morgan fingerprint density at radius 3 is 2.43 bits per heavy atom. The minimum absolute atomic E-state index is 0.285. The fourth-order valence-corrected chi connectivity index (χ4v) is 2.85. The quantitative estimate of drug-likeness (QED) is 0.574. The van der Waals surface area contributed by atoms with E-state index in [1.54, 1.807) is 4.68 Å². The monoisotopic (exact) mass is 373 g/mol. The van der Waals surface area contributed by atoms with Crippen LogP contribution in [0.1, 0.15) is 27.6 Å². The summed E-state index contributed by atoms with van der Waals surface area (Å²) >= 11 is 0. The van der Waals surface area contributed by atoms with E-state index in [1.807, 2.05) is 74.5 Å². The highest BCUT2D eigenvalue weighted by atomic mass is 16.4. The van der Waals surface area contributed by atoms with Gasteiger partial charge in [0, 0.05) is 11.3 Å². The topological polar surface area (TPSA) is 85.8 Å². The molecule has 0 radical (unpaired) electrons. The van der Waals surface area contributed by atoms with E-state index in [4.69, 9.17) is 4.42 Å². The number of hydrogen-bond acceptors (Lipinski definition) is 5. The van der Waals surface area contributed by atoms with Crippen LogP contribution < -0.4 is 5.32 Å². The number of aryl methyl sites for hydroxylation is 1. The zero-order valence-electron chi connectivity index (χ0n) is 15.6. The van der Waals surface area contributed by atoms with Gasteiger partial charge in [0.25, 0.3) is 5.91 Å². The Labute approximate surface area is 162 Å². The van der Waals surface area contributed by atoms with Gasteiger partial charge in [0.1, 0.15) is 11.5 Å². The Morgan fingerprint density at radius 1 is 1.04 bits per heavy atom. The van der Waals surface area contributed by atoms with E-state index >= 15 is 0 Å². The Kier molecular flexibility index (Phi) is 4.72. The zero-order valence-corrected chi connectivity index (χ0v) is 15.6. The number of nitrogens with zero attached hydrogens (tertiary/aromatic N) is 4. The average Bonchev–Trinajstić information content (AvgIpc) is 3.27. The molecule has 1 N–H and O–H groups in total. The predicted octanol–water partition coefficient (Wildman–Crippen LogP) is 3.85. The Balaban J connectivity index is 1.54. The van der Waals surface area contributed by atoms with Crippen LogP contribution in [0.2, 0.25) is 0 Å². The number of para-hydroxylation sites is 1. The van der Waals surface area contributed by atoms with Crippen molar-refractivity contribution in [2.45, 2.75) is 20.4 Å². The number of nitrogens with one attached hydrogen (secondary N) is 1. The third-order valence-corrected chi connectivity index (χ3v) is 4.44. The standard InChI is InChI=1S/C21H19N5O2/c1-14-19(20(27)22-17-11-7-4-8-12-17)24-25-26(14)13-18-15(2)28-21(23-18)16-9-5-3-6-10-16/h3-12H,13H2,1-2H3,(H,22,27). The van der Waals surface area contributed by atoms with Crippen molar-refractivity contribution in [2.24, 2.45) is 0 Å². The smallest absolute Gasteiger partial charge is 0.278 e. The van der Waals surface area contributed by atoms with Crippen molar-refractivity contribution in [3.05, 3.63) is 83.5 Å². The van der Waals surface area contributed by atoms with Crippen molar-refractivity contribution in [1.29, 1.82) is 0 Å². The summed E-state index contributed by atoms with van der Waals surface area (Å²) in [6.07, 6.45) is 0. The molecule has 0 fully saturated rings. The predicted molar refractivity (Wildman–Crippen MR) is 105 cm³/mol. The van der Waals surface area contributed by atoms with Gasteiger partial charge in [-0.25, -0.2) is 9.67 Å². The highest BCUT2D eigenvalue weighted by Gasteiger charge is 2.19. The van der Waals surface area contributed by atoms with Gasteiger partial charge in [-0.1, -0.05) is 41.6 Å². The van der Waals surface area contributed by atoms with Crippen molar-refractivity contribution in [1.82, 2.24) is 20.0 Å². The van der Waals surface area contributed by atoms with Crippen molar-refractivity contribution < 1.29 is 9.21 Å². The second-order valence-corrected chi connectivity index (χ2v) is 6.39. The summed E-state index contributed by atoms with van der Waals surface area (Å²) in [6, 6.07) is 19.0. The van der Waals surface area contributed by atoms with Gasteiger partial charge < -0.3 is 9.73 Å². The normalized spacial score (nSPS) is 10.8. The lowest BCUT2D eigenvalue weighted by atomic mass is 10.2. The molecule has 0 bridgehead atoms. The summed E-state index contributed by atoms with van der Waals surface area (Å²) in [4.78, 5) is 17.1. The number of amides is 1. The van der Waals surface area contributed by atoms with Crippen LogP contribution in [0, 0.1) is 13.8 Å². The van der Waals surface area contributed by atoms with Crippen LogP contribution in [0.5, 0.6) is 0 Å². The molecular formula is C21H19N5O2. The lowest BCUT2D eigenvalue weighted by Gasteiger charge is -2.04. The van der Waals surface area contributed by atoms with Gasteiger partial charge in [-0.3, -0.25) is 4.79 Å². The molecule has 7 heteroatoms. The third-order valence-electron chi connectivity index (χ3n) is 4.44. The number of carbonyl (C=O) groups excluding carboxylic acids is 1. The Morgan fingerprint density at radius 2 is 1.71 bits per heavy atom. The SMILES string of the molecule is Cc1oc(-c2ccccc2)nc1Cn1nnc(C(=O)Nc2ccccc2)c1C. The molecule has 4 aromatic rings. The summed E-state index contributed by atoms with van der Waals surface area (Å²) in [6.45, 7) is 4.05. The first kappa shape index (κ1) is 17.7. The molecule has 0 spiro atoms. The molecule has 140 valence electrons. The van der Waals surface area contributed by atoms with Crippen molar-refractivity contribution in [2.75, 3.05) is 5.32 Å². The maximum absolute atomic E-state index is 12.5. The lowest BCUT2D eigenvalue weighted by molar-refractivity contribution is 0.102. The molecule has 0 unspecified atom stereocenters. The number of hydrogen-bond donors (Lipinski definition) is 1. The fourth-order valence-electron chi connectivity index (χ4n) is 2.85. The third kappa shape index (κ3) is 3.55. The van der Waals surface area contributed by atoms with E-state index in [0.29, 0.717) is 29.6 Å². The molecule has 4 rings (SSSR count). The van der Waals surface area contributed by atoms with E-state index in [-0.39, 0.29) is 11.6 Å². The summed E-state index contributed by atoms with van der Waals surface area (Å²) < 4.78 is 7.45. The molecule has 7 nitrogen and oxygen atoms in total. The number of oxazole rings is 1. The molecule has 0 atom stereocenters. The van der Waals surface area contributed by atoms with Crippen LogP contribution in [0.15, 0.2) is 65.1 Å². The first-order chi connectivity index (χ1) is 13.6. The second-order valence-electron chi connectivity index (χ2n) is 6.39. The van der Waals surface area contributed by atoms with Crippen LogP contribution in [-0.4, -0.2) is 25.9 Å². The van der Waals surface area contributed by atoms with Crippen LogP contribution in [0.4, 0.5) is 5.69 Å². The van der Waals surface area contributed by atoms with Crippen LogP contribution >= 0.6 is 0 Å². The second kappa shape index (κ2) is 7.48. The van der Waals surface area contributed by atoms with E-state index in [0.717, 1.165) is 11.3 Å². The summed E-state index contributed by atoms with van der Waals surface area (Å²) in [5.41, 5.74) is 3.32. The van der Waals surface area contributed by atoms with Crippen molar-refractivity contribution in [3.63, 3.8) is 0 Å². The Hall–Kier alpha value is -3.74. The highest BCUT2D eigenvalue weighted by molar-refractivity contribution is 6.03. The minimum atomic E-state index is -0.295. The molecule has 2 aromatic carbocycles. The number of benzene rings is 2. The average molecular weight is 373 g/mol. The number of rotatable bonds is 5. The van der Waals surface area contributed by atoms with Gasteiger partial charge >= 0.3 is 0 Å². The van der Waals surface area contributed by atoms with Gasteiger partial charge in [-0.05, 0) is 38.1 Å². The molecule has 2 aromatic heterocycles. The van der Waals surface area contributed by atoms with Crippen LogP contribution in [0.25, 0.3) is 11.5 Å². The molecule has 0 aliphatic rings. The fraction of sp³-hybridized carbons (Fsp3) is 0.143. The molecule has 1 amide bonds. The van der Waals surface area contributed by atoms with E-state index in [2.05, 4.69) is 20.6 Å². The van der Waals surface area contributed by atoms with E-state index in [9.17, 15) is 4.79 Å². The molecule has 0 saturated carbocycles. The van der Waals surface area contributed by atoms with Gasteiger partial charge in [0.15, 0.2) is 5.69 Å². The molecule has 28 heavy (non-hydrogen) atoms. The van der Waals surface area contributed by atoms with E-state index in [1.165, 1.54) is 0 Å². The lowest BCUT2D eigenvalue weighted by Crippen LogP contribution is -2.14. The maximum atomic E-state index is 12.5. The van der Waals surface area contributed by atoms with Crippen LogP contribution in [0.3, 0.4) is 0 Å². The molecular weight excluding hydrogens is 354 g/mol. The zero-order chi connectivity index (χ0) is 19.5. The van der Waals surface area contributed by atoms with Crippen LogP contribution in [-0.2, 0) is 6.54 Å². The van der Waals surface area contributed by atoms with Gasteiger partial charge in [-0.2, -0.15) is 0 Å². The molecule has 0 saturated heterocycles. The number of carbonyl (C=O) groups is 1. The number of anilines is 1. The maximum Gasteiger partial charge on any atom is 0.278 e.